The van der Waals surface area contributed by atoms with Crippen LogP contribution in [-0.4, -0.2) is 48.4 Å². The molecular formula is C12H20N2O. The minimum absolute atomic E-state index is 0.108. The van der Waals surface area contributed by atoms with E-state index in [1.54, 1.807) is 0 Å². The van der Waals surface area contributed by atoms with Gasteiger partial charge >= 0.3 is 0 Å². The largest absolute Gasteiger partial charge is 0.334 e. The Morgan fingerprint density at radius 1 is 1.40 bits per heavy atom. The molecule has 1 saturated carbocycles. The van der Waals surface area contributed by atoms with Gasteiger partial charge in [0.2, 0.25) is 5.91 Å². The normalized spacial score (nSPS) is 31.0. The van der Waals surface area contributed by atoms with Crippen LogP contribution in [-0.2, 0) is 4.79 Å². The summed E-state index contributed by atoms with van der Waals surface area (Å²) in [5, 5.41) is 0. The highest BCUT2D eigenvalue weighted by atomic mass is 16.2. The van der Waals surface area contributed by atoms with Crippen LogP contribution in [0.2, 0.25) is 0 Å². The Morgan fingerprint density at radius 3 is 2.53 bits per heavy atom. The van der Waals surface area contributed by atoms with Crippen LogP contribution in [0.1, 0.15) is 19.3 Å². The minimum Gasteiger partial charge on any atom is -0.334 e. The molecule has 3 heteroatoms. The van der Waals surface area contributed by atoms with E-state index in [0.717, 1.165) is 18.9 Å². The smallest absolute Gasteiger partial charge is 0.246 e. The lowest BCUT2D eigenvalue weighted by atomic mass is 10.0. The molecule has 1 aliphatic heterocycles. The number of carbonyl (C=O) groups excluding carboxylic acids is 1. The number of amides is 1. The van der Waals surface area contributed by atoms with E-state index in [0.29, 0.717) is 12.1 Å². The number of rotatable bonds is 3. The number of hydrogen-bond donors (Lipinski definition) is 0. The predicted octanol–water partition coefficient (Wildman–Crippen LogP) is 1.11. The molecule has 1 heterocycles. The van der Waals surface area contributed by atoms with Crippen molar-refractivity contribution >= 4 is 5.91 Å². The molecule has 2 aliphatic rings. The summed E-state index contributed by atoms with van der Waals surface area (Å²) in [6.07, 6.45) is 5.13. The summed E-state index contributed by atoms with van der Waals surface area (Å²) in [5.74, 6) is 0.847. The van der Waals surface area contributed by atoms with E-state index in [1.807, 2.05) is 4.90 Å². The molecule has 1 saturated heterocycles. The molecule has 0 N–H and O–H groups in total. The van der Waals surface area contributed by atoms with Gasteiger partial charge in [0.1, 0.15) is 0 Å². The topological polar surface area (TPSA) is 23.6 Å². The zero-order chi connectivity index (χ0) is 11.0. The standard InChI is InChI=1S/C12H20N2O/c1-4-11(15)14-8-7-10(13(2)3)12(14)9-5-6-9/h4,9-10,12H,1,5-8H2,2-3H3/t10-,12-/m1/s1. The average molecular weight is 208 g/mol. The Hall–Kier alpha value is -0.830. The van der Waals surface area contributed by atoms with Gasteiger partial charge in [0.15, 0.2) is 0 Å². The van der Waals surface area contributed by atoms with Gasteiger partial charge in [0.05, 0.1) is 6.04 Å². The van der Waals surface area contributed by atoms with Gasteiger partial charge in [-0.05, 0) is 45.4 Å². The van der Waals surface area contributed by atoms with Crippen LogP contribution in [0.15, 0.2) is 12.7 Å². The predicted molar refractivity (Wildman–Crippen MR) is 60.5 cm³/mol. The SMILES string of the molecule is C=CC(=O)N1CC[C@@H](N(C)C)[C@H]1C1CC1. The molecule has 1 aliphatic carbocycles. The molecule has 0 aromatic heterocycles. The van der Waals surface area contributed by atoms with Crippen molar-refractivity contribution in [3.05, 3.63) is 12.7 Å². The highest BCUT2D eigenvalue weighted by molar-refractivity contribution is 5.87. The van der Waals surface area contributed by atoms with Gasteiger partial charge in [-0.2, -0.15) is 0 Å². The molecule has 3 nitrogen and oxygen atoms in total. The van der Waals surface area contributed by atoms with Crippen molar-refractivity contribution in [2.24, 2.45) is 5.92 Å². The van der Waals surface area contributed by atoms with E-state index in [2.05, 4.69) is 25.6 Å². The molecule has 0 aromatic carbocycles. The zero-order valence-electron chi connectivity index (χ0n) is 9.65. The Kier molecular flexibility index (Phi) is 2.83. The number of hydrogen-bond acceptors (Lipinski definition) is 2. The van der Waals surface area contributed by atoms with Gasteiger partial charge in [0, 0.05) is 12.6 Å². The van der Waals surface area contributed by atoms with Crippen molar-refractivity contribution in [1.82, 2.24) is 9.80 Å². The Balaban J connectivity index is 2.12. The maximum absolute atomic E-state index is 11.7. The molecule has 0 spiro atoms. The fourth-order valence-electron chi connectivity index (χ4n) is 2.74. The first-order chi connectivity index (χ1) is 7.15. The molecule has 2 atom stereocenters. The van der Waals surface area contributed by atoms with Crippen LogP contribution >= 0.6 is 0 Å². The molecule has 0 unspecified atom stereocenters. The van der Waals surface area contributed by atoms with E-state index < -0.39 is 0 Å². The van der Waals surface area contributed by atoms with Gasteiger partial charge in [-0.1, -0.05) is 6.58 Å². The number of likely N-dealkylation sites (tertiary alicyclic amines) is 1. The van der Waals surface area contributed by atoms with E-state index in [1.165, 1.54) is 18.9 Å². The third-order valence-electron chi connectivity index (χ3n) is 3.65. The molecule has 0 radical (unpaired) electrons. The van der Waals surface area contributed by atoms with E-state index in [9.17, 15) is 4.79 Å². The molecule has 2 fully saturated rings. The van der Waals surface area contributed by atoms with Gasteiger partial charge in [-0.15, -0.1) is 0 Å². The molecule has 0 aromatic rings. The third-order valence-corrected chi connectivity index (χ3v) is 3.65. The first-order valence-electron chi connectivity index (χ1n) is 5.74. The van der Waals surface area contributed by atoms with E-state index in [4.69, 9.17) is 0 Å². The van der Waals surface area contributed by atoms with Crippen LogP contribution < -0.4 is 0 Å². The lowest BCUT2D eigenvalue weighted by Crippen LogP contribution is -2.45. The van der Waals surface area contributed by atoms with E-state index in [-0.39, 0.29) is 5.91 Å². The maximum atomic E-state index is 11.7. The van der Waals surface area contributed by atoms with Gasteiger partial charge < -0.3 is 9.80 Å². The van der Waals surface area contributed by atoms with Gasteiger partial charge in [-0.25, -0.2) is 0 Å². The monoisotopic (exact) mass is 208 g/mol. The summed E-state index contributed by atoms with van der Waals surface area (Å²) in [6.45, 7) is 4.48. The summed E-state index contributed by atoms with van der Waals surface area (Å²) < 4.78 is 0. The third kappa shape index (κ3) is 1.93. The van der Waals surface area contributed by atoms with Gasteiger partial charge in [-0.3, -0.25) is 4.79 Å². The lowest BCUT2D eigenvalue weighted by molar-refractivity contribution is -0.127. The highest BCUT2D eigenvalue weighted by Crippen LogP contribution is 2.41. The minimum atomic E-state index is 0.108. The van der Waals surface area contributed by atoms with Crippen LogP contribution in [0.25, 0.3) is 0 Å². The van der Waals surface area contributed by atoms with Crippen molar-refractivity contribution in [1.29, 1.82) is 0 Å². The first-order valence-corrected chi connectivity index (χ1v) is 5.74. The van der Waals surface area contributed by atoms with Crippen molar-refractivity contribution in [3.63, 3.8) is 0 Å². The van der Waals surface area contributed by atoms with Crippen molar-refractivity contribution < 1.29 is 4.79 Å². The van der Waals surface area contributed by atoms with Crippen molar-refractivity contribution in [2.45, 2.75) is 31.3 Å². The fourth-order valence-corrected chi connectivity index (χ4v) is 2.74. The van der Waals surface area contributed by atoms with E-state index >= 15 is 0 Å². The molecule has 1 amide bonds. The summed E-state index contributed by atoms with van der Waals surface area (Å²) in [5.41, 5.74) is 0. The van der Waals surface area contributed by atoms with Gasteiger partial charge in [0.25, 0.3) is 0 Å². The fraction of sp³-hybridized carbons (Fsp3) is 0.750. The van der Waals surface area contributed by atoms with Crippen LogP contribution in [0.3, 0.4) is 0 Å². The Morgan fingerprint density at radius 2 is 2.07 bits per heavy atom. The average Bonchev–Trinajstić information content (AvgIpc) is 2.95. The molecule has 15 heavy (non-hydrogen) atoms. The zero-order valence-corrected chi connectivity index (χ0v) is 9.65. The summed E-state index contributed by atoms with van der Waals surface area (Å²) in [7, 11) is 4.23. The second kappa shape index (κ2) is 3.97. The summed E-state index contributed by atoms with van der Waals surface area (Å²) >= 11 is 0. The maximum Gasteiger partial charge on any atom is 0.246 e. The summed E-state index contributed by atoms with van der Waals surface area (Å²) in [4.78, 5) is 16.0. The van der Waals surface area contributed by atoms with Crippen LogP contribution in [0.4, 0.5) is 0 Å². The number of likely N-dealkylation sites (N-methyl/N-ethyl adjacent to an activating group) is 1. The second-order valence-electron chi connectivity index (χ2n) is 4.88. The molecule has 84 valence electrons. The first kappa shape index (κ1) is 10.7. The highest BCUT2D eigenvalue weighted by Gasteiger charge is 2.46. The quantitative estimate of drug-likeness (QED) is 0.649. The van der Waals surface area contributed by atoms with Crippen molar-refractivity contribution in [2.75, 3.05) is 20.6 Å². The molecule has 2 rings (SSSR count). The molecular weight excluding hydrogens is 188 g/mol. The lowest BCUT2D eigenvalue weighted by Gasteiger charge is -2.31. The number of carbonyl (C=O) groups is 1. The van der Waals surface area contributed by atoms with Crippen LogP contribution in [0, 0.1) is 5.92 Å². The Labute approximate surface area is 91.7 Å². The summed E-state index contributed by atoms with van der Waals surface area (Å²) in [6, 6.07) is 0.979. The van der Waals surface area contributed by atoms with Crippen molar-refractivity contribution in [3.8, 4) is 0 Å². The molecule has 0 bridgehead atoms. The number of nitrogens with zero attached hydrogens (tertiary/aromatic N) is 2. The van der Waals surface area contributed by atoms with Crippen LogP contribution in [0.5, 0.6) is 0 Å². The second-order valence-corrected chi connectivity index (χ2v) is 4.88. The Bertz CT molecular complexity index is 271.